The average Bonchev–Trinajstić information content (AvgIpc) is 2.95. The topological polar surface area (TPSA) is 77.2 Å². The van der Waals surface area contributed by atoms with E-state index in [2.05, 4.69) is 36.3 Å². The zero-order valence-electron chi connectivity index (χ0n) is 14.6. The van der Waals surface area contributed by atoms with Crippen LogP contribution >= 0.6 is 0 Å². The second-order valence-corrected chi connectivity index (χ2v) is 12.5. The van der Waals surface area contributed by atoms with Crippen molar-refractivity contribution >= 4 is 20.1 Å². The molecule has 6 nitrogen and oxygen atoms in total. The van der Waals surface area contributed by atoms with Crippen molar-refractivity contribution in [1.29, 1.82) is 0 Å². The molecular weight excluding hydrogens is 341 g/mol. The highest BCUT2D eigenvalue weighted by atomic mass is 28.3. The van der Waals surface area contributed by atoms with Crippen LogP contribution in [0.15, 0.2) is 24.9 Å². The first-order chi connectivity index (χ1) is 11.7. The first-order valence-electron chi connectivity index (χ1n) is 7.88. The minimum Gasteiger partial charge on any atom is -0.476 e. The van der Waals surface area contributed by atoms with Crippen molar-refractivity contribution in [1.82, 2.24) is 14.8 Å². The molecule has 0 amide bonds. The molecule has 0 bridgehead atoms. The maximum atomic E-state index is 14.2. The van der Waals surface area contributed by atoms with E-state index in [1.54, 1.807) is 0 Å². The first kappa shape index (κ1) is 19.0. The molecule has 0 unspecified atom stereocenters. The molecule has 0 saturated carbocycles. The Balaban J connectivity index is 2.30. The van der Waals surface area contributed by atoms with E-state index >= 15 is 0 Å². The predicted octanol–water partition coefficient (Wildman–Crippen LogP) is 3.74. The molecule has 0 aliphatic rings. The fraction of sp³-hybridized carbons (Fsp3) is 0.353. The smallest absolute Gasteiger partial charge is 0.356 e. The van der Waals surface area contributed by atoms with Crippen LogP contribution in [-0.2, 0) is 11.5 Å². The number of pyridine rings is 1. The lowest BCUT2D eigenvalue weighted by atomic mass is 10.1. The van der Waals surface area contributed by atoms with E-state index in [4.69, 9.17) is 4.74 Å². The van der Waals surface area contributed by atoms with Gasteiger partial charge < -0.3 is 9.84 Å². The molecule has 0 atom stereocenters. The number of hydrogen-bond acceptors (Lipinski definition) is 4. The molecule has 134 valence electrons. The Morgan fingerprint density at radius 2 is 2.16 bits per heavy atom. The summed E-state index contributed by atoms with van der Waals surface area (Å²) in [6.07, 6.45) is 2.57. The first-order valence-corrected chi connectivity index (χ1v) is 11.6. The van der Waals surface area contributed by atoms with Gasteiger partial charge in [-0.15, -0.1) is 0 Å². The fourth-order valence-corrected chi connectivity index (χ4v) is 2.89. The summed E-state index contributed by atoms with van der Waals surface area (Å²) in [7, 11) is -1.24. The van der Waals surface area contributed by atoms with Gasteiger partial charge in [0, 0.05) is 20.2 Å². The predicted molar refractivity (Wildman–Crippen MR) is 96.6 cm³/mol. The van der Waals surface area contributed by atoms with Gasteiger partial charge in [0.1, 0.15) is 6.73 Å². The Hall–Kier alpha value is -2.32. The molecule has 25 heavy (non-hydrogen) atoms. The van der Waals surface area contributed by atoms with E-state index in [9.17, 15) is 14.3 Å². The molecule has 0 spiro atoms. The SMILES string of the molecule is C=Cc1cc(-c2cc(C(=O)O)nn2COCC[Si](C)(C)C)c(F)cn1. The molecule has 0 fully saturated rings. The van der Waals surface area contributed by atoms with Crippen molar-refractivity contribution in [3.8, 4) is 11.3 Å². The molecule has 1 N–H and O–H groups in total. The highest BCUT2D eigenvalue weighted by Crippen LogP contribution is 2.25. The van der Waals surface area contributed by atoms with Gasteiger partial charge in [-0.25, -0.2) is 13.9 Å². The second kappa shape index (κ2) is 7.71. The molecule has 0 aromatic carbocycles. The van der Waals surface area contributed by atoms with E-state index in [1.807, 2.05) is 0 Å². The van der Waals surface area contributed by atoms with Crippen molar-refractivity contribution in [2.75, 3.05) is 6.61 Å². The number of carbonyl (C=O) groups is 1. The van der Waals surface area contributed by atoms with Crippen LogP contribution in [0, 0.1) is 5.82 Å². The Labute approximate surface area is 147 Å². The minimum atomic E-state index is -1.24. The lowest BCUT2D eigenvalue weighted by Crippen LogP contribution is -2.22. The van der Waals surface area contributed by atoms with Gasteiger partial charge in [-0.3, -0.25) is 4.98 Å². The summed E-state index contributed by atoms with van der Waals surface area (Å²) in [6, 6.07) is 3.80. The van der Waals surface area contributed by atoms with Crippen LogP contribution in [0.5, 0.6) is 0 Å². The summed E-state index contributed by atoms with van der Waals surface area (Å²) in [5, 5.41) is 13.2. The van der Waals surface area contributed by atoms with Crippen LogP contribution in [0.4, 0.5) is 4.39 Å². The van der Waals surface area contributed by atoms with Gasteiger partial charge in [-0.05, 0) is 24.3 Å². The third kappa shape index (κ3) is 5.07. The zero-order chi connectivity index (χ0) is 18.6. The summed E-state index contributed by atoms with van der Waals surface area (Å²) in [6.45, 7) is 10.9. The third-order valence-corrected chi connectivity index (χ3v) is 5.27. The Kier molecular flexibility index (Phi) is 5.86. The Bertz CT molecular complexity index is 784. The lowest BCUT2D eigenvalue weighted by Gasteiger charge is -2.16. The van der Waals surface area contributed by atoms with Crippen LogP contribution < -0.4 is 0 Å². The van der Waals surface area contributed by atoms with E-state index < -0.39 is 19.9 Å². The maximum Gasteiger partial charge on any atom is 0.356 e. The number of ether oxygens (including phenoxy) is 1. The second-order valence-electron chi connectivity index (χ2n) is 6.86. The van der Waals surface area contributed by atoms with Crippen LogP contribution in [0.3, 0.4) is 0 Å². The monoisotopic (exact) mass is 363 g/mol. The van der Waals surface area contributed by atoms with Gasteiger partial charge in [0.15, 0.2) is 11.5 Å². The molecule has 8 heteroatoms. The molecule has 0 radical (unpaired) electrons. The van der Waals surface area contributed by atoms with Crippen LogP contribution in [0.25, 0.3) is 17.3 Å². The Morgan fingerprint density at radius 1 is 1.44 bits per heavy atom. The quantitative estimate of drug-likeness (QED) is 0.571. The molecule has 0 saturated heterocycles. The average molecular weight is 363 g/mol. The van der Waals surface area contributed by atoms with E-state index in [1.165, 1.54) is 22.9 Å². The van der Waals surface area contributed by atoms with E-state index in [0.717, 1.165) is 12.2 Å². The van der Waals surface area contributed by atoms with Gasteiger partial charge in [0.2, 0.25) is 0 Å². The maximum absolute atomic E-state index is 14.2. The lowest BCUT2D eigenvalue weighted by molar-refractivity contribution is 0.0673. The van der Waals surface area contributed by atoms with Crippen molar-refractivity contribution < 1.29 is 19.0 Å². The van der Waals surface area contributed by atoms with Gasteiger partial charge in [-0.1, -0.05) is 26.2 Å². The highest BCUT2D eigenvalue weighted by Gasteiger charge is 2.18. The summed E-state index contributed by atoms with van der Waals surface area (Å²) in [5.74, 6) is -1.74. The third-order valence-electron chi connectivity index (χ3n) is 3.57. The van der Waals surface area contributed by atoms with Gasteiger partial charge in [-0.2, -0.15) is 5.10 Å². The summed E-state index contributed by atoms with van der Waals surface area (Å²) >= 11 is 0. The number of halogens is 1. The van der Waals surface area contributed by atoms with Crippen LogP contribution in [0.1, 0.15) is 16.2 Å². The van der Waals surface area contributed by atoms with E-state index in [0.29, 0.717) is 18.0 Å². The zero-order valence-corrected chi connectivity index (χ0v) is 15.6. The van der Waals surface area contributed by atoms with E-state index in [-0.39, 0.29) is 18.0 Å². The molecule has 2 aromatic rings. The van der Waals surface area contributed by atoms with Crippen molar-refractivity contribution in [2.24, 2.45) is 0 Å². The molecule has 0 aliphatic heterocycles. The molecular formula is C17H22FN3O3Si. The minimum absolute atomic E-state index is 0.0538. The molecule has 2 aromatic heterocycles. The van der Waals surface area contributed by atoms with Crippen molar-refractivity contribution in [3.05, 3.63) is 42.1 Å². The van der Waals surface area contributed by atoms with Gasteiger partial charge >= 0.3 is 5.97 Å². The number of aromatic nitrogens is 3. The van der Waals surface area contributed by atoms with Gasteiger partial charge in [0.25, 0.3) is 0 Å². The van der Waals surface area contributed by atoms with Gasteiger partial charge in [0.05, 0.1) is 17.6 Å². The number of carboxylic acid groups (broad SMARTS) is 1. The summed E-state index contributed by atoms with van der Waals surface area (Å²) in [4.78, 5) is 15.1. The summed E-state index contributed by atoms with van der Waals surface area (Å²) < 4.78 is 21.2. The number of hydrogen-bond donors (Lipinski definition) is 1. The number of carboxylic acids is 1. The van der Waals surface area contributed by atoms with Crippen LogP contribution in [0.2, 0.25) is 25.7 Å². The number of nitrogens with zero attached hydrogens (tertiary/aromatic N) is 3. The van der Waals surface area contributed by atoms with Crippen molar-refractivity contribution in [2.45, 2.75) is 32.4 Å². The molecule has 2 heterocycles. The fourth-order valence-electron chi connectivity index (χ4n) is 2.13. The highest BCUT2D eigenvalue weighted by molar-refractivity contribution is 6.76. The molecule has 2 rings (SSSR count). The normalized spacial score (nSPS) is 11.5. The number of rotatable bonds is 8. The van der Waals surface area contributed by atoms with Crippen LogP contribution in [-0.4, -0.2) is 40.5 Å². The number of aromatic carboxylic acids is 1. The standard InChI is InChI=1S/C17H22FN3O3Si/c1-5-12-8-13(14(18)10-19-12)16-9-15(17(22)23)20-21(16)11-24-6-7-25(2,3)4/h5,8-10H,1,6-7,11H2,2-4H3,(H,22,23). The van der Waals surface area contributed by atoms with Crippen molar-refractivity contribution in [3.63, 3.8) is 0 Å². The largest absolute Gasteiger partial charge is 0.476 e. The Morgan fingerprint density at radius 3 is 2.76 bits per heavy atom. The molecule has 0 aliphatic carbocycles. The summed E-state index contributed by atoms with van der Waals surface area (Å²) in [5.41, 5.74) is 0.855.